The van der Waals surface area contributed by atoms with Crippen LogP contribution in [0.15, 0.2) is 60.7 Å². The van der Waals surface area contributed by atoms with Gasteiger partial charge in [0.25, 0.3) is 0 Å². The Morgan fingerprint density at radius 1 is 1.04 bits per heavy atom. The van der Waals surface area contributed by atoms with Gasteiger partial charge in [-0.15, -0.1) is 0 Å². The van der Waals surface area contributed by atoms with Crippen molar-refractivity contribution in [2.24, 2.45) is 0 Å². The molecule has 0 spiro atoms. The summed E-state index contributed by atoms with van der Waals surface area (Å²) in [5.41, 5.74) is 2.43. The molecule has 4 heteroatoms. The fourth-order valence-electron chi connectivity index (χ4n) is 2.63. The van der Waals surface area contributed by atoms with E-state index < -0.39 is 0 Å². The number of hydrogen-bond donors (Lipinski definition) is 1. The first-order chi connectivity index (χ1) is 11.1. The smallest absolute Gasteiger partial charge is 0.169 e. The minimum absolute atomic E-state index is 0.0761. The first-order valence-electron chi connectivity index (χ1n) is 7.75. The van der Waals surface area contributed by atoms with Gasteiger partial charge in [0.05, 0.1) is 12.6 Å². The van der Waals surface area contributed by atoms with E-state index in [-0.39, 0.29) is 12.1 Å². The lowest BCUT2D eigenvalue weighted by molar-refractivity contribution is 0.178. The Labute approximate surface area is 144 Å². The molecule has 0 aliphatic carbocycles. The van der Waals surface area contributed by atoms with Crippen LogP contribution >= 0.6 is 12.2 Å². The molecule has 0 radical (unpaired) electrons. The summed E-state index contributed by atoms with van der Waals surface area (Å²) in [6.45, 7) is 2.68. The van der Waals surface area contributed by atoms with Crippen LogP contribution in [0.1, 0.15) is 24.1 Å². The van der Waals surface area contributed by atoms with Gasteiger partial charge in [0.15, 0.2) is 5.11 Å². The van der Waals surface area contributed by atoms with Crippen molar-refractivity contribution in [3.8, 4) is 0 Å². The van der Waals surface area contributed by atoms with Crippen molar-refractivity contribution >= 4 is 17.3 Å². The van der Waals surface area contributed by atoms with E-state index in [2.05, 4.69) is 65.7 Å². The van der Waals surface area contributed by atoms with E-state index >= 15 is 0 Å². The molecule has 0 aromatic heterocycles. The van der Waals surface area contributed by atoms with E-state index in [1.165, 1.54) is 11.1 Å². The van der Waals surface area contributed by atoms with Crippen LogP contribution in [0.5, 0.6) is 0 Å². The molecular weight excluding hydrogens is 304 g/mol. The summed E-state index contributed by atoms with van der Waals surface area (Å²) in [7, 11) is 3.72. The zero-order valence-corrected chi connectivity index (χ0v) is 14.7. The van der Waals surface area contributed by atoms with Crippen molar-refractivity contribution in [1.82, 2.24) is 10.2 Å². The van der Waals surface area contributed by atoms with Crippen molar-refractivity contribution in [2.45, 2.75) is 19.0 Å². The van der Waals surface area contributed by atoms with Gasteiger partial charge in [-0.25, -0.2) is 0 Å². The molecule has 0 heterocycles. The summed E-state index contributed by atoms with van der Waals surface area (Å²) >= 11 is 5.60. The van der Waals surface area contributed by atoms with Gasteiger partial charge in [0.1, 0.15) is 0 Å². The highest BCUT2D eigenvalue weighted by atomic mass is 32.1. The molecule has 1 unspecified atom stereocenters. The maximum Gasteiger partial charge on any atom is 0.169 e. The molecule has 1 N–H and O–H groups in total. The molecule has 23 heavy (non-hydrogen) atoms. The van der Waals surface area contributed by atoms with Crippen LogP contribution in [0.3, 0.4) is 0 Å². The molecule has 0 amide bonds. The van der Waals surface area contributed by atoms with Crippen molar-refractivity contribution < 1.29 is 4.74 Å². The quantitative estimate of drug-likeness (QED) is 0.819. The number of hydrogen-bond acceptors (Lipinski definition) is 2. The molecule has 0 bridgehead atoms. The van der Waals surface area contributed by atoms with Crippen LogP contribution < -0.4 is 5.32 Å². The summed E-state index contributed by atoms with van der Waals surface area (Å²) < 4.78 is 5.17. The number of thiocarbonyl (C=S) groups is 1. The number of ether oxygens (including phenoxy) is 1. The molecule has 122 valence electrons. The summed E-state index contributed by atoms with van der Waals surface area (Å²) in [6, 6.07) is 21.1. The molecule has 2 aromatic rings. The molecule has 0 saturated heterocycles. The maximum atomic E-state index is 5.60. The Morgan fingerprint density at radius 3 is 1.96 bits per heavy atom. The van der Waals surface area contributed by atoms with Crippen LogP contribution in [-0.2, 0) is 4.74 Å². The molecule has 0 saturated carbocycles. The van der Waals surface area contributed by atoms with Crippen LogP contribution in [-0.4, -0.2) is 36.8 Å². The average molecular weight is 328 g/mol. The standard InChI is InChI=1S/C19H24N2OS/c1-15(14-22-3)20-19(23)21(2)18(16-10-6-4-7-11-16)17-12-8-5-9-13-17/h4-13,15,18H,14H2,1-3H3,(H,20,23). The lowest BCUT2D eigenvalue weighted by atomic mass is 9.98. The predicted molar refractivity (Wildman–Crippen MR) is 99.6 cm³/mol. The maximum absolute atomic E-state index is 5.60. The highest BCUT2D eigenvalue weighted by Crippen LogP contribution is 2.27. The number of benzene rings is 2. The third-order valence-corrected chi connectivity index (χ3v) is 4.13. The SMILES string of the molecule is COCC(C)NC(=S)N(C)C(c1ccccc1)c1ccccc1. The molecule has 2 rings (SSSR count). The van der Waals surface area contributed by atoms with Crippen molar-refractivity contribution in [3.05, 3.63) is 71.8 Å². The monoisotopic (exact) mass is 328 g/mol. The highest BCUT2D eigenvalue weighted by molar-refractivity contribution is 7.80. The molecule has 0 aliphatic rings. The second-order valence-corrected chi connectivity index (χ2v) is 6.03. The Morgan fingerprint density at radius 2 is 1.52 bits per heavy atom. The molecular formula is C19H24N2OS. The second kappa shape index (κ2) is 8.65. The number of nitrogens with one attached hydrogen (secondary N) is 1. The van der Waals surface area contributed by atoms with Crippen molar-refractivity contribution in [1.29, 1.82) is 0 Å². The van der Waals surface area contributed by atoms with Gasteiger partial charge in [-0.3, -0.25) is 0 Å². The molecule has 2 aromatic carbocycles. The second-order valence-electron chi connectivity index (χ2n) is 5.64. The molecule has 3 nitrogen and oxygen atoms in total. The van der Waals surface area contributed by atoms with E-state index in [1.54, 1.807) is 7.11 Å². The molecule has 1 atom stereocenters. The minimum Gasteiger partial charge on any atom is -0.383 e. The fourth-order valence-corrected chi connectivity index (χ4v) is 2.94. The van der Waals surface area contributed by atoms with Gasteiger partial charge >= 0.3 is 0 Å². The topological polar surface area (TPSA) is 24.5 Å². The van der Waals surface area contributed by atoms with E-state index in [4.69, 9.17) is 17.0 Å². The normalized spacial score (nSPS) is 12.0. The Bertz CT molecular complexity index is 564. The van der Waals surface area contributed by atoms with Gasteiger partial charge < -0.3 is 15.0 Å². The largest absolute Gasteiger partial charge is 0.383 e. The zero-order chi connectivity index (χ0) is 16.7. The Hall–Kier alpha value is -1.91. The van der Waals surface area contributed by atoms with Crippen LogP contribution in [0, 0.1) is 0 Å². The number of nitrogens with zero attached hydrogens (tertiary/aromatic N) is 1. The van der Waals surface area contributed by atoms with Crippen LogP contribution in [0.2, 0.25) is 0 Å². The van der Waals surface area contributed by atoms with E-state index in [0.717, 1.165) is 0 Å². The van der Waals surface area contributed by atoms with Crippen molar-refractivity contribution in [3.63, 3.8) is 0 Å². The Balaban J connectivity index is 2.25. The van der Waals surface area contributed by atoms with Gasteiger partial charge in [-0.05, 0) is 30.3 Å². The molecule has 0 aliphatic heterocycles. The lowest BCUT2D eigenvalue weighted by Crippen LogP contribution is -2.45. The van der Waals surface area contributed by atoms with Gasteiger partial charge in [-0.2, -0.15) is 0 Å². The third kappa shape index (κ3) is 4.78. The van der Waals surface area contributed by atoms with Crippen LogP contribution in [0.25, 0.3) is 0 Å². The first kappa shape index (κ1) is 17.4. The van der Waals surface area contributed by atoms with Crippen LogP contribution in [0.4, 0.5) is 0 Å². The van der Waals surface area contributed by atoms with Gasteiger partial charge in [0.2, 0.25) is 0 Å². The number of methoxy groups -OCH3 is 1. The van der Waals surface area contributed by atoms with Crippen molar-refractivity contribution in [2.75, 3.05) is 20.8 Å². The average Bonchev–Trinajstić information content (AvgIpc) is 2.57. The minimum atomic E-state index is 0.0761. The predicted octanol–water partition coefficient (Wildman–Crippen LogP) is 3.62. The van der Waals surface area contributed by atoms with E-state index in [1.807, 2.05) is 19.2 Å². The van der Waals surface area contributed by atoms with Gasteiger partial charge in [0, 0.05) is 20.2 Å². The first-order valence-corrected chi connectivity index (χ1v) is 8.16. The summed E-state index contributed by atoms with van der Waals surface area (Å²) in [6.07, 6.45) is 0. The van der Waals surface area contributed by atoms with E-state index in [9.17, 15) is 0 Å². The van der Waals surface area contributed by atoms with Gasteiger partial charge in [-0.1, -0.05) is 60.7 Å². The lowest BCUT2D eigenvalue weighted by Gasteiger charge is -2.32. The third-order valence-electron chi connectivity index (χ3n) is 3.72. The Kier molecular flexibility index (Phi) is 6.56. The summed E-state index contributed by atoms with van der Waals surface area (Å²) in [5.74, 6) is 0. The molecule has 0 fully saturated rings. The van der Waals surface area contributed by atoms with E-state index in [0.29, 0.717) is 11.7 Å². The highest BCUT2D eigenvalue weighted by Gasteiger charge is 2.21. The zero-order valence-electron chi connectivity index (χ0n) is 13.9. The summed E-state index contributed by atoms with van der Waals surface area (Å²) in [5, 5.41) is 4.05. The summed E-state index contributed by atoms with van der Waals surface area (Å²) in [4.78, 5) is 2.10. The number of rotatable bonds is 6. The fraction of sp³-hybridized carbons (Fsp3) is 0.316.